The molecule has 1 amide bonds. The van der Waals surface area contributed by atoms with Gasteiger partial charge in [-0.3, -0.25) is 14.7 Å². The van der Waals surface area contributed by atoms with Gasteiger partial charge >= 0.3 is 0 Å². The zero-order valence-corrected chi connectivity index (χ0v) is 22.8. The number of fused-ring (bicyclic) bond motifs is 1. The molecule has 0 radical (unpaired) electrons. The van der Waals surface area contributed by atoms with Crippen molar-refractivity contribution in [2.75, 3.05) is 11.4 Å². The van der Waals surface area contributed by atoms with Gasteiger partial charge in [0.2, 0.25) is 10.0 Å². The third kappa shape index (κ3) is 5.40. The van der Waals surface area contributed by atoms with Crippen molar-refractivity contribution in [2.45, 2.75) is 50.1 Å². The van der Waals surface area contributed by atoms with Crippen LogP contribution in [0.5, 0.6) is 0 Å². The number of rotatable bonds is 7. The van der Waals surface area contributed by atoms with Gasteiger partial charge in [0.05, 0.1) is 27.4 Å². The molecule has 10 heteroatoms. The minimum atomic E-state index is -3.63. The van der Waals surface area contributed by atoms with Crippen LogP contribution in [0.1, 0.15) is 48.7 Å². The van der Waals surface area contributed by atoms with Gasteiger partial charge in [0, 0.05) is 29.4 Å². The molecule has 1 fully saturated rings. The Labute approximate surface area is 225 Å². The highest BCUT2D eigenvalue weighted by atomic mass is 35.5. The molecule has 4 aromatic rings. The average Bonchev–Trinajstić information content (AvgIpc) is 3.35. The minimum absolute atomic E-state index is 0.0152. The zero-order chi connectivity index (χ0) is 26.0. The maximum Gasteiger partial charge on any atom is 0.260 e. The molecule has 2 aromatic heterocycles. The predicted octanol–water partition coefficient (Wildman–Crippen LogP) is 6.14. The lowest BCUT2D eigenvalue weighted by Crippen LogP contribution is -2.43. The molecule has 2 aromatic carbocycles. The number of piperidine rings is 1. The maximum absolute atomic E-state index is 13.7. The van der Waals surface area contributed by atoms with Gasteiger partial charge in [0.15, 0.2) is 5.13 Å². The molecule has 0 spiro atoms. The standard InChI is InChI=1S/C27H27ClN4O3S2/c1-2-22-8-4-6-16-32(22)37(34,35)23-12-9-19(10-13-23)26(33)31(18-21-7-3-5-15-29-21)27-30-24-14-11-20(28)17-25(24)36-27/h3,5,7,9-15,17,22H,2,4,6,8,16,18H2,1H3. The molecule has 7 nitrogen and oxygen atoms in total. The molecule has 1 saturated heterocycles. The lowest BCUT2D eigenvalue weighted by molar-refractivity contribution is 0.0984. The number of carbonyl (C=O) groups is 1. The molecule has 0 saturated carbocycles. The second-order valence-electron chi connectivity index (χ2n) is 9.02. The normalized spacial score (nSPS) is 16.6. The summed E-state index contributed by atoms with van der Waals surface area (Å²) in [6.45, 7) is 2.77. The molecule has 1 aliphatic heterocycles. The van der Waals surface area contributed by atoms with E-state index >= 15 is 0 Å². The molecule has 37 heavy (non-hydrogen) atoms. The van der Waals surface area contributed by atoms with E-state index in [1.54, 1.807) is 33.6 Å². The molecular weight excluding hydrogens is 528 g/mol. The minimum Gasteiger partial charge on any atom is -0.278 e. The molecule has 1 unspecified atom stereocenters. The van der Waals surface area contributed by atoms with Crippen LogP contribution in [0, 0.1) is 0 Å². The average molecular weight is 555 g/mol. The number of halogens is 1. The summed E-state index contributed by atoms with van der Waals surface area (Å²) in [7, 11) is -3.63. The summed E-state index contributed by atoms with van der Waals surface area (Å²) in [5.74, 6) is -0.288. The van der Waals surface area contributed by atoms with E-state index in [0.29, 0.717) is 28.0 Å². The van der Waals surface area contributed by atoms with Gasteiger partial charge < -0.3 is 0 Å². The number of anilines is 1. The van der Waals surface area contributed by atoms with Crippen LogP contribution in [0.4, 0.5) is 5.13 Å². The summed E-state index contributed by atoms with van der Waals surface area (Å²) in [5.41, 5.74) is 1.83. The van der Waals surface area contributed by atoms with Gasteiger partial charge in [0.25, 0.3) is 5.91 Å². The van der Waals surface area contributed by atoms with E-state index in [4.69, 9.17) is 11.6 Å². The number of carbonyl (C=O) groups excluding carboxylic acids is 1. The van der Waals surface area contributed by atoms with Gasteiger partial charge in [-0.1, -0.05) is 42.3 Å². The van der Waals surface area contributed by atoms with Crippen LogP contribution in [-0.2, 0) is 16.6 Å². The van der Waals surface area contributed by atoms with E-state index in [9.17, 15) is 13.2 Å². The van der Waals surface area contributed by atoms with Gasteiger partial charge in [-0.05, 0) is 73.9 Å². The Bertz CT molecular complexity index is 1510. The molecule has 5 rings (SSSR count). The van der Waals surface area contributed by atoms with Crippen molar-refractivity contribution in [3.8, 4) is 0 Å². The molecular formula is C27H27ClN4O3S2. The molecule has 1 atom stereocenters. The SMILES string of the molecule is CCC1CCCCN1S(=O)(=O)c1ccc(C(=O)N(Cc2ccccn2)c2nc3ccc(Cl)cc3s2)cc1. The van der Waals surface area contributed by atoms with Crippen molar-refractivity contribution in [3.63, 3.8) is 0 Å². The van der Waals surface area contributed by atoms with Crippen molar-refractivity contribution >= 4 is 54.2 Å². The summed E-state index contributed by atoms with van der Waals surface area (Å²) in [5, 5.41) is 1.12. The van der Waals surface area contributed by atoms with Gasteiger partial charge in [-0.25, -0.2) is 13.4 Å². The fourth-order valence-corrected chi connectivity index (χ4v) is 7.65. The lowest BCUT2D eigenvalue weighted by Gasteiger charge is -2.34. The van der Waals surface area contributed by atoms with Gasteiger partial charge in [-0.15, -0.1) is 0 Å². The third-order valence-corrected chi connectivity index (χ3v) is 9.86. The summed E-state index contributed by atoms with van der Waals surface area (Å²) in [6.07, 6.45) is 5.25. The Morgan fingerprint density at radius 3 is 2.68 bits per heavy atom. The van der Waals surface area contributed by atoms with E-state index in [0.717, 1.165) is 35.9 Å². The monoisotopic (exact) mass is 554 g/mol. The number of hydrogen-bond donors (Lipinski definition) is 0. The van der Waals surface area contributed by atoms with E-state index in [2.05, 4.69) is 9.97 Å². The second kappa shape index (κ2) is 10.9. The van der Waals surface area contributed by atoms with Crippen molar-refractivity contribution in [2.24, 2.45) is 0 Å². The fourth-order valence-electron chi connectivity index (χ4n) is 4.64. The largest absolute Gasteiger partial charge is 0.278 e. The van der Waals surface area contributed by atoms with Crippen LogP contribution >= 0.6 is 22.9 Å². The number of hydrogen-bond acceptors (Lipinski definition) is 6. The van der Waals surface area contributed by atoms with Crippen LogP contribution in [0.3, 0.4) is 0 Å². The highest BCUT2D eigenvalue weighted by Gasteiger charge is 2.32. The van der Waals surface area contributed by atoms with Crippen LogP contribution in [0.15, 0.2) is 71.8 Å². The molecule has 0 aliphatic carbocycles. The summed E-state index contributed by atoms with van der Waals surface area (Å²) in [6, 6.07) is 17.2. The summed E-state index contributed by atoms with van der Waals surface area (Å²) < 4.78 is 29.2. The van der Waals surface area contributed by atoms with E-state index < -0.39 is 10.0 Å². The van der Waals surface area contributed by atoms with E-state index in [1.165, 1.54) is 23.5 Å². The molecule has 3 heterocycles. The predicted molar refractivity (Wildman–Crippen MR) is 148 cm³/mol. The van der Waals surface area contributed by atoms with Crippen LogP contribution in [0.25, 0.3) is 10.2 Å². The first-order valence-electron chi connectivity index (χ1n) is 12.3. The first-order chi connectivity index (χ1) is 17.9. The molecule has 192 valence electrons. The van der Waals surface area contributed by atoms with Crippen LogP contribution in [-0.4, -0.2) is 41.2 Å². The molecule has 1 aliphatic rings. The number of amides is 1. The smallest absolute Gasteiger partial charge is 0.260 e. The maximum atomic E-state index is 13.7. The Kier molecular flexibility index (Phi) is 7.57. The Morgan fingerprint density at radius 1 is 1.14 bits per heavy atom. The number of aromatic nitrogens is 2. The van der Waals surface area contributed by atoms with Gasteiger partial charge in [-0.2, -0.15) is 4.31 Å². The number of nitrogens with zero attached hydrogens (tertiary/aromatic N) is 4. The Balaban J connectivity index is 1.46. The topological polar surface area (TPSA) is 83.5 Å². The quantitative estimate of drug-likeness (QED) is 0.274. The van der Waals surface area contributed by atoms with E-state index in [1.807, 2.05) is 37.3 Å². The number of benzene rings is 2. The number of pyridine rings is 1. The number of sulfonamides is 1. The fraction of sp³-hybridized carbons (Fsp3) is 0.296. The lowest BCUT2D eigenvalue weighted by atomic mass is 10.0. The first-order valence-corrected chi connectivity index (χ1v) is 14.9. The number of thiazole rings is 1. The van der Waals surface area contributed by atoms with Crippen molar-refractivity contribution in [1.82, 2.24) is 14.3 Å². The molecule has 0 N–H and O–H groups in total. The zero-order valence-electron chi connectivity index (χ0n) is 20.4. The highest BCUT2D eigenvalue weighted by molar-refractivity contribution is 7.89. The Morgan fingerprint density at radius 2 is 1.95 bits per heavy atom. The Hall–Kier alpha value is -2.85. The second-order valence-corrected chi connectivity index (χ2v) is 12.4. The summed E-state index contributed by atoms with van der Waals surface area (Å²) in [4.78, 5) is 24.6. The van der Waals surface area contributed by atoms with Crippen LogP contribution in [0.2, 0.25) is 5.02 Å². The van der Waals surface area contributed by atoms with Crippen molar-refractivity contribution in [1.29, 1.82) is 0 Å². The van der Waals surface area contributed by atoms with Crippen molar-refractivity contribution in [3.05, 3.63) is 83.1 Å². The van der Waals surface area contributed by atoms with Gasteiger partial charge in [0.1, 0.15) is 0 Å². The molecule has 0 bridgehead atoms. The van der Waals surface area contributed by atoms with Crippen LogP contribution < -0.4 is 4.90 Å². The first kappa shape index (κ1) is 25.8. The van der Waals surface area contributed by atoms with Crippen molar-refractivity contribution < 1.29 is 13.2 Å². The highest BCUT2D eigenvalue weighted by Crippen LogP contribution is 2.33. The third-order valence-electron chi connectivity index (χ3n) is 6.61. The van der Waals surface area contributed by atoms with E-state index in [-0.39, 0.29) is 23.4 Å². The summed E-state index contributed by atoms with van der Waals surface area (Å²) >= 11 is 7.53.